The van der Waals surface area contributed by atoms with Gasteiger partial charge in [-0.2, -0.15) is 0 Å². The fourth-order valence-electron chi connectivity index (χ4n) is 3.76. The van der Waals surface area contributed by atoms with Crippen LogP contribution < -0.4 is 5.32 Å². The van der Waals surface area contributed by atoms with Crippen LogP contribution in [-0.4, -0.2) is 45.2 Å². The Balaban J connectivity index is 1.38. The van der Waals surface area contributed by atoms with Crippen LogP contribution in [0, 0.1) is 12.8 Å². The van der Waals surface area contributed by atoms with Crippen molar-refractivity contribution in [2.24, 2.45) is 13.0 Å². The molecule has 1 aromatic carbocycles. The first-order chi connectivity index (χ1) is 13.0. The van der Waals surface area contributed by atoms with E-state index in [1.165, 1.54) is 11.1 Å². The quantitative estimate of drug-likeness (QED) is 0.768. The van der Waals surface area contributed by atoms with Crippen molar-refractivity contribution in [3.63, 3.8) is 0 Å². The van der Waals surface area contributed by atoms with Crippen molar-refractivity contribution in [1.82, 2.24) is 19.8 Å². The van der Waals surface area contributed by atoms with Crippen LogP contribution in [-0.2, 0) is 13.5 Å². The van der Waals surface area contributed by atoms with Crippen molar-refractivity contribution >= 4 is 6.03 Å². The summed E-state index contributed by atoms with van der Waals surface area (Å²) >= 11 is 0. The third-order valence-electron chi connectivity index (χ3n) is 5.40. The summed E-state index contributed by atoms with van der Waals surface area (Å²) in [5, 5.41) is 13.6. The lowest BCUT2D eigenvalue weighted by molar-refractivity contribution is 0.0584. The molecule has 0 saturated carbocycles. The second kappa shape index (κ2) is 9.04. The molecule has 146 valence electrons. The van der Waals surface area contributed by atoms with Crippen LogP contribution in [0.4, 0.5) is 4.79 Å². The number of hydrogen-bond acceptors (Lipinski definition) is 3. The van der Waals surface area contributed by atoms with Crippen LogP contribution in [0.25, 0.3) is 0 Å². The van der Waals surface area contributed by atoms with E-state index >= 15 is 0 Å². The van der Waals surface area contributed by atoms with E-state index in [9.17, 15) is 9.90 Å². The highest BCUT2D eigenvalue weighted by Crippen LogP contribution is 2.29. The largest absolute Gasteiger partial charge is 0.385 e. The van der Waals surface area contributed by atoms with Crippen molar-refractivity contribution in [2.75, 3.05) is 19.6 Å². The SMILES string of the molecule is Cc1cccc(CCCNC(=O)N2CCC(C(O)c3nccn3C)CC2)c1. The van der Waals surface area contributed by atoms with Gasteiger partial charge < -0.3 is 19.9 Å². The van der Waals surface area contributed by atoms with Gasteiger partial charge in [0.25, 0.3) is 0 Å². The van der Waals surface area contributed by atoms with Crippen molar-refractivity contribution < 1.29 is 9.90 Å². The Bertz CT molecular complexity index is 750. The first kappa shape index (κ1) is 19.4. The number of carbonyl (C=O) groups is 1. The first-order valence-electron chi connectivity index (χ1n) is 9.78. The molecule has 6 heteroatoms. The fourth-order valence-corrected chi connectivity index (χ4v) is 3.76. The number of piperidine rings is 1. The van der Waals surface area contributed by atoms with Gasteiger partial charge in [-0.15, -0.1) is 0 Å². The Morgan fingerprint density at radius 2 is 2.15 bits per heavy atom. The van der Waals surface area contributed by atoms with Crippen LogP contribution in [0.1, 0.15) is 42.3 Å². The summed E-state index contributed by atoms with van der Waals surface area (Å²) < 4.78 is 1.86. The molecule has 1 aliphatic heterocycles. The Kier molecular flexibility index (Phi) is 6.50. The highest BCUT2D eigenvalue weighted by Gasteiger charge is 2.29. The number of aromatic nitrogens is 2. The molecule has 3 rings (SSSR count). The van der Waals surface area contributed by atoms with Gasteiger partial charge in [-0.25, -0.2) is 9.78 Å². The third-order valence-corrected chi connectivity index (χ3v) is 5.40. The molecule has 2 amide bonds. The standard InChI is InChI=1S/C21H30N4O2/c1-16-5-3-6-17(15-16)7-4-10-23-21(27)25-12-8-18(9-13-25)19(26)20-22-11-14-24(20)2/h3,5-6,11,14-15,18-19,26H,4,7-10,12-13H2,1-2H3,(H,23,27). The van der Waals surface area contributed by atoms with Gasteiger partial charge in [-0.05, 0) is 44.1 Å². The molecule has 2 N–H and O–H groups in total. The normalized spacial score (nSPS) is 16.3. The maximum atomic E-state index is 12.4. The lowest BCUT2D eigenvalue weighted by atomic mass is 9.91. The topological polar surface area (TPSA) is 70.4 Å². The number of aliphatic hydroxyl groups excluding tert-OH is 1. The minimum Gasteiger partial charge on any atom is -0.385 e. The molecule has 1 saturated heterocycles. The maximum absolute atomic E-state index is 12.4. The average Bonchev–Trinajstić information content (AvgIpc) is 3.10. The van der Waals surface area contributed by atoms with Crippen LogP contribution in [0.15, 0.2) is 36.7 Å². The van der Waals surface area contributed by atoms with Gasteiger partial charge in [0.1, 0.15) is 11.9 Å². The summed E-state index contributed by atoms with van der Waals surface area (Å²) in [4.78, 5) is 18.5. The first-order valence-corrected chi connectivity index (χ1v) is 9.78. The second-order valence-corrected chi connectivity index (χ2v) is 7.49. The summed E-state index contributed by atoms with van der Waals surface area (Å²) in [5.74, 6) is 0.852. The van der Waals surface area contributed by atoms with Gasteiger partial charge in [0, 0.05) is 39.1 Å². The molecule has 1 atom stereocenters. The van der Waals surface area contributed by atoms with Gasteiger partial charge in [0.05, 0.1) is 0 Å². The number of rotatable bonds is 6. The van der Waals surface area contributed by atoms with E-state index in [0.717, 1.165) is 25.7 Å². The summed E-state index contributed by atoms with van der Waals surface area (Å²) in [6.07, 6.45) is 6.49. The number of aryl methyl sites for hydroxylation is 3. The van der Waals surface area contributed by atoms with E-state index in [1.807, 2.05) is 22.7 Å². The number of hydrogen-bond donors (Lipinski definition) is 2. The van der Waals surface area contributed by atoms with Gasteiger partial charge in [0.15, 0.2) is 0 Å². The molecular weight excluding hydrogens is 340 g/mol. The minimum absolute atomic E-state index is 0.00386. The molecule has 1 aliphatic rings. The smallest absolute Gasteiger partial charge is 0.317 e. The summed E-state index contributed by atoms with van der Waals surface area (Å²) in [5.41, 5.74) is 2.58. The van der Waals surface area contributed by atoms with Crippen LogP contribution in [0.2, 0.25) is 0 Å². The molecule has 1 unspecified atom stereocenters. The minimum atomic E-state index is -0.565. The average molecular weight is 370 g/mol. The molecule has 0 radical (unpaired) electrons. The van der Waals surface area contributed by atoms with Crippen LogP contribution in [0.3, 0.4) is 0 Å². The van der Waals surface area contributed by atoms with E-state index in [0.29, 0.717) is 25.5 Å². The zero-order valence-corrected chi connectivity index (χ0v) is 16.3. The molecule has 0 spiro atoms. The van der Waals surface area contributed by atoms with Crippen LogP contribution in [0.5, 0.6) is 0 Å². The predicted molar refractivity (Wildman–Crippen MR) is 105 cm³/mol. The van der Waals surface area contributed by atoms with Gasteiger partial charge in [0.2, 0.25) is 0 Å². The van der Waals surface area contributed by atoms with Crippen molar-refractivity contribution in [2.45, 2.75) is 38.7 Å². The summed E-state index contributed by atoms with van der Waals surface area (Å²) in [6.45, 7) is 4.13. The molecule has 6 nitrogen and oxygen atoms in total. The zero-order valence-electron chi connectivity index (χ0n) is 16.3. The number of aliphatic hydroxyl groups is 1. The number of benzene rings is 1. The summed E-state index contributed by atoms with van der Waals surface area (Å²) in [6, 6.07) is 8.50. The van der Waals surface area contributed by atoms with E-state index in [2.05, 4.69) is 41.5 Å². The van der Waals surface area contributed by atoms with Crippen molar-refractivity contribution in [3.05, 3.63) is 53.6 Å². The fraction of sp³-hybridized carbons (Fsp3) is 0.524. The zero-order chi connectivity index (χ0) is 19.2. The van der Waals surface area contributed by atoms with Gasteiger partial charge in [-0.3, -0.25) is 0 Å². The number of nitrogens with one attached hydrogen (secondary N) is 1. The number of likely N-dealkylation sites (tertiary alicyclic amines) is 1. The Morgan fingerprint density at radius 1 is 1.37 bits per heavy atom. The van der Waals surface area contributed by atoms with Gasteiger partial charge in [-0.1, -0.05) is 29.8 Å². The van der Waals surface area contributed by atoms with Crippen molar-refractivity contribution in [1.29, 1.82) is 0 Å². The summed E-state index contributed by atoms with van der Waals surface area (Å²) in [7, 11) is 1.89. The highest BCUT2D eigenvalue weighted by molar-refractivity contribution is 5.74. The van der Waals surface area contributed by atoms with Gasteiger partial charge >= 0.3 is 6.03 Å². The third kappa shape index (κ3) is 5.10. The Hall–Kier alpha value is -2.34. The van der Waals surface area contributed by atoms with E-state index in [-0.39, 0.29) is 11.9 Å². The van der Waals surface area contributed by atoms with E-state index in [1.54, 1.807) is 6.20 Å². The number of nitrogens with zero attached hydrogens (tertiary/aromatic N) is 3. The lowest BCUT2D eigenvalue weighted by Gasteiger charge is -2.34. The number of urea groups is 1. The number of carbonyl (C=O) groups excluding carboxylic acids is 1. The molecule has 1 aromatic heterocycles. The number of imidazole rings is 1. The van der Waals surface area contributed by atoms with Crippen LogP contribution >= 0.6 is 0 Å². The molecule has 0 aliphatic carbocycles. The molecule has 27 heavy (non-hydrogen) atoms. The molecule has 1 fully saturated rings. The Labute approximate surface area is 161 Å². The maximum Gasteiger partial charge on any atom is 0.317 e. The highest BCUT2D eigenvalue weighted by atomic mass is 16.3. The Morgan fingerprint density at radius 3 is 2.81 bits per heavy atom. The predicted octanol–water partition coefficient (Wildman–Crippen LogP) is 2.82. The second-order valence-electron chi connectivity index (χ2n) is 7.49. The van der Waals surface area contributed by atoms with E-state index < -0.39 is 6.10 Å². The van der Waals surface area contributed by atoms with Crippen molar-refractivity contribution in [3.8, 4) is 0 Å². The molecule has 2 aromatic rings. The monoisotopic (exact) mass is 370 g/mol. The molecule has 0 bridgehead atoms. The molecular formula is C21H30N4O2. The van der Waals surface area contributed by atoms with E-state index in [4.69, 9.17) is 0 Å². The lowest BCUT2D eigenvalue weighted by Crippen LogP contribution is -2.45. The number of amides is 2. The molecule has 2 heterocycles.